The minimum absolute atomic E-state index is 0.105. The molecular weight excluding hydrogens is 262 g/mol. The molecule has 2 aliphatic heterocycles. The van der Waals surface area contributed by atoms with Crippen molar-refractivity contribution >= 4 is 5.82 Å². The molecular formula is C17H25N3O. The minimum atomic E-state index is 0.105. The lowest BCUT2D eigenvalue weighted by Gasteiger charge is -2.37. The number of hydrogen-bond donors (Lipinski definition) is 1. The highest BCUT2D eigenvalue weighted by Gasteiger charge is 2.36. The second kappa shape index (κ2) is 5.25. The van der Waals surface area contributed by atoms with E-state index in [2.05, 4.69) is 36.2 Å². The van der Waals surface area contributed by atoms with E-state index in [-0.39, 0.29) is 6.10 Å². The lowest BCUT2D eigenvalue weighted by Crippen LogP contribution is -2.55. The van der Waals surface area contributed by atoms with Crippen LogP contribution in [-0.4, -0.2) is 36.8 Å². The first-order valence-corrected chi connectivity index (χ1v) is 8.33. The van der Waals surface area contributed by atoms with E-state index in [1.54, 1.807) is 0 Å². The van der Waals surface area contributed by atoms with Crippen LogP contribution in [0.5, 0.6) is 0 Å². The molecule has 2 unspecified atom stereocenters. The summed E-state index contributed by atoms with van der Waals surface area (Å²) in [6, 6.07) is 5.52. The molecule has 3 aliphatic rings. The Morgan fingerprint density at radius 1 is 1.38 bits per heavy atom. The summed E-state index contributed by atoms with van der Waals surface area (Å²) < 4.78 is 5.98. The molecule has 1 saturated carbocycles. The molecule has 0 radical (unpaired) electrons. The molecule has 1 aromatic heterocycles. The first-order valence-electron chi connectivity index (χ1n) is 8.33. The molecule has 3 heterocycles. The molecule has 0 aromatic carbocycles. The Morgan fingerprint density at radius 3 is 3.05 bits per heavy atom. The number of pyridine rings is 1. The van der Waals surface area contributed by atoms with Gasteiger partial charge in [-0.2, -0.15) is 0 Å². The average molecular weight is 287 g/mol. The zero-order valence-electron chi connectivity index (χ0n) is 13.0. The van der Waals surface area contributed by atoms with Crippen molar-refractivity contribution < 1.29 is 4.74 Å². The Bertz CT molecular complexity index is 529. The smallest absolute Gasteiger partial charge is 0.132 e. The van der Waals surface area contributed by atoms with E-state index in [0.29, 0.717) is 12.1 Å². The van der Waals surface area contributed by atoms with E-state index in [1.807, 2.05) is 0 Å². The van der Waals surface area contributed by atoms with Crippen LogP contribution in [-0.2, 0) is 11.2 Å². The molecule has 3 atom stereocenters. The van der Waals surface area contributed by atoms with Crippen LogP contribution in [0, 0.1) is 5.92 Å². The predicted molar refractivity (Wildman–Crippen MR) is 83.6 cm³/mol. The van der Waals surface area contributed by atoms with Gasteiger partial charge in [0, 0.05) is 25.2 Å². The van der Waals surface area contributed by atoms with Crippen LogP contribution in [0.2, 0.25) is 0 Å². The zero-order valence-corrected chi connectivity index (χ0v) is 13.0. The molecule has 0 bridgehead atoms. The number of ether oxygens (including phenoxy) is 1. The first kappa shape index (κ1) is 13.5. The van der Waals surface area contributed by atoms with E-state index < -0.39 is 0 Å². The fourth-order valence-corrected chi connectivity index (χ4v) is 3.57. The Kier molecular flexibility index (Phi) is 3.38. The molecule has 0 spiro atoms. The van der Waals surface area contributed by atoms with Crippen molar-refractivity contribution in [2.75, 3.05) is 24.6 Å². The number of piperazine rings is 1. The second-order valence-electron chi connectivity index (χ2n) is 6.91. The van der Waals surface area contributed by atoms with Gasteiger partial charge in [-0.05, 0) is 50.7 Å². The topological polar surface area (TPSA) is 37.4 Å². The van der Waals surface area contributed by atoms with Gasteiger partial charge in [-0.3, -0.25) is 0 Å². The molecule has 1 aromatic rings. The van der Waals surface area contributed by atoms with Crippen LogP contribution in [0.4, 0.5) is 5.82 Å². The molecule has 4 heteroatoms. The minimum Gasteiger partial charge on any atom is -0.372 e. The third-order valence-corrected chi connectivity index (χ3v) is 5.06. The normalized spacial score (nSPS) is 29.1. The van der Waals surface area contributed by atoms with Crippen molar-refractivity contribution in [3.05, 3.63) is 23.4 Å². The maximum Gasteiger partial charge on any atom is 0.132 e. The van der Waals surface area contributed by atoms with E-state index in [1.165, 1.54) is 24.2 Å². The van der Waals surface area contributed by atoms with Gasteiger partial charge < -0.3 is 15.0 Å². The van der Waals surface area contributed by atoms with Crippen molar-refractivity contribution in [3.63, 3.8) is 0 Å². The monoisotopic (exact) mass is 287 g/mol. The van der Waals surface area contributed by atoms with E-state index in [4.69, 9.17) is 9.72 Å². The molecule has 21 heavy (non-hydrogen) atoms. The van der Waals surface area contributed by atoms with Gasteiger partial charge in [0.05, 0.1) is 18.4 Å². The van der Waals surface area contributed by atoms with Crippen LogP contribution in [0.1, 0.15) is 44.1 Å². The highest BCUT2D eigenvalue weighted by Crippen LogP contribution is 2.35. The third kappa shape index (κ3) is 2.55. The van der Waals surface area contributed by atoms with Crippen molar-refractivity contribution in [3.8, 4) is 0 Å². The molecule has 4 nitrogen and oxygen atoms in total. The van der Waals surface area contributed by atoms with Crippen molar-refractivity contribution in [1.82, 2.24) is 10.3 Å². The highest BCUT2D eigenvalue weighted by atomic mass is 16.5. The van der Waals surface area contributed by atoms with Crippen LogP contribution in [0.3, 0.4) is 0 Å². The molecule has 1 N–H and O–H groups in total. The second-order valence-corrected chi connectivity index (χ2v) is 6.91. The zero-order chi connectivity index (χ0) is 14.4. The first-order chi connectivity index (χ1) is 10.2. The van der Waals surface area contributed by atoms with E-state index >= 15 is 0 Å². The van der Waals surface area contributed by atoms with Gasteiger partial charge in [0.15, 0.2) is 0 Å². The average Bonchev–Trinajstić information content (AvgIpc) is 3.23. The van der Waals surface area contributed by atoms with Crippen LogP contribution in [0.25, 0.3) is 0 Å². The maximum atomic E-state index is 5.98. The van der Waals surface area contributed by atoms with Gasteiger partial charge in [0.25, 0.3) is 0 Å². The summed E-state index contributed by atoms with van der Waals surface area (Å²) >= 11 is 0. The quantitative estimate of drug-likeness (QED) is 0.922. The summed E-state index contributed by atoms with van der Waals surface area (Å²) in [4.78, 5) is 7.48. The van der Waals surface area contributed by atoms with E-state index in [0.717, 1.165) is 37.7 Å². The lowest BCUT2D eigenvalue weighted by molar-refractivity contribution is 0.0552. The van der Waals surface area contributed by atoms with Gasteiger partial charge in [0.2, 0.25) is 0 Å². The lowest BCUT2D eigenvalue weighted by atomic mass is 10.1. The number of rotatable bonds is 4. The Labute approximate surface area is 126 Å². The predicted octanol–water partition coefficient (Wildman–Crippen LogP) is 2.29. The van der Waals surface area contributed by atoms with Crippen molar-refractivity contribution in [2.24, 2.45) is 5.92 Å². The van der Waals surface area contributed by atoms with Crippen LogP contribution >= 0.6 is 0 Å². The number of nitrogens with zero attached hydrogens (tertiary/aromatic N) is 2. The summed E-state index contributed by atoms with van der Waals surface area (Å²) in [7, 11) is 0. The van der Waals surface area contributed by atoms with Crippen LogP contribution in [0.15, 0.2) is 12.1 Å². The summed E-state index contributed by atoms with van der Waals surface area (Å²) in [6.07, 6.45) is 3.90. The number of aromatic nitrogens is 1. The SMILES string of the molecule is CC(OCC1CC1)c1ccc2c(n1)N1C(CNC[C@H]1C)C2. The fourth-order valence-electron chi connectivity index (χ4n) is 3.57. The van der Waals surface area contributed by atoms with Gasteiger partial charge in [0.1, 0.15) is 5.82 Å². The van der Waals surface area contributed by atoms with Crippen molar-refractivity contribution in [2.45, 2.75) is 51.3 Å². The molecule has 0 amide bonds. The number of fused-ring (bicyclic) bond motifs is 3. The van der Waals surface area contributed by atoms with Gasteiger partial charge in [-0.15, -0.1) is 0 Å². The molecule has 2 fully saturated rings. The molecule has 1 aliphatic carbocycles. The summed E-state index contributed by atoms with van der Waals surface area (Å²) in [6.45, 7) is 7.44. The third-order valence-electron chi connectivity index (χ3n) is 5.06. The Balaban J connectivity index is 1.54. The number of anilines is 1. The summed E-state index contributed by atoms with van der Waals surface area (Å²) in [5.41, 5.74) is 2.48. The summed E-state index contributed by atoms with van der Waals surface area (Å²) in [5, 5.41) is 3.52. The van der Waals surface area contributed by atoms with Crippen LogP contribution < -0.4 is 10.2 Å². The number of hydrogen-bond acceptors (Lipinski definition) is 4. The highest BCUT2D eigenvalue weighted by molar-refractivity contribution is 5.56. The Hall–Kier alpha value is -1.13. The fraction of sp³-hybridized carbons (Fsp3) is 0.706. The largest absolute Gasteiger partial charge is 0.372 e. The summed E-state index contributed by atoms with van der Waals surface area (Å²) in [5.74, 6) is 2.01. The molecule has 1 saturated heterocycles. The van der Waals surface area contributed by atoms with Gasteiger partial charge in [-0.1, -0.05) is 6.07 Å². The van der Waals surface area contributed by atoms with Gasteiger partial charge in [-0.25, -0.2) is 4.98 Å². The maximum absolute atomic E-state index is 5.98. The van der Waals surface area contributed by atoms with Gasteiger partial charge >= 0.3 is 0 Å². The van der Waals surface area contributed by atoms with Crippen molar-refractivity contribution in [1.29, 1.82) is 0 Å². The standard InChI is InChI=1S/C17H25N3O/c1-11-8-18-9-15-7-14-5-6-16(19-17(14)20(11)15)12(2)21-10-13-3-4-13/h5-6,11-13,15,18H,3-4,7-10H2,1-2H3/t11-,12?,15?/m1/s1. The number of nitrogens with one attached hydrogen (secondary N) is 1. The molecule has 114 valence electrons. The molecule has 4 rings (SSSR count). The Morgan fingerprint density at radius 2 is 2.24 bits per heavy atom. The van der Waals surface area contributed by atoms with E-state index in [9.17, 15) is 0 Å².